The summed E-state index contributed by atoms with van der Waals surface area (Å²) in [7, 11) is 0. The molecule has 0 aliphatic rings. The molecule has 0 aliphatic heterocycles. The van der Waals surface area contributed by atoms with Crippen LogP contribution in [0.15, 0.2) is 36.4 Å². The van der Waals surface area contributed by atoms with Crippen molar-refractivity contribution in [3.63, 3.8) is 0 Å². The molecule has 2 aromatic rings. The van der Waals surface area contributed by atoms with Crippen LogP contribution in [0, 0.1) is 39.0 Å². The fourth-order valence-corrected chi connectivity index (χ4v) is 2.58. The number of carbonyl (C=O) groups is 1. The van der Waals surface area contributed by atoms with Crippen molar-refractivity contribution in [2.45, 2.75) is 33.6 Å². The summed E-state index contributed by atoms with van der Waals surface area (Å²) in [6, 6.07) is 13.7. The maximum atomic E-state index is 12.8. The molecule has 0 heterocycles. The molecule has 106 valence electrons. The summed E-state index contributed by atoms with van der Waals surface area (Å²) in [4.78, 5) is 12.8. The molecule has 21 heavy (non-hydrogen) atoms. The molecule has 0 spiro atoms. The van der Waals surface area contributed by atoms with E-state index in [1.54, 1.807) is 0 Å². The minimum Gasteiger partial charge on any atom is -0.292 e. The molecule has 0 radical (unpaired) electrons. The van der Waals surface area contributed by atoms with E-state index in [0.717, 1.165) is 27.8 Å². The lowest BCUT2D eigenvalue weighted by Crippen LogP contribution is -2.14. The lowest BCUT2D eigenvalue weighted by Gasteiger charge is -2.14. The average molecular weight is 277 g/mol. The molecule has 1 atom stereocenters. The predicted molar refractivity (Wildman–Crippen MR) is 84.5 cm³/mol. The van der Waals surface area contributed by atoms with Crippen LogP contribution < -0.4 is 0 Å². The van der Waals surface area contributed by atoms with E-state index in [-0.39, 0.29) is 5.78 Å². The molecule has 0 aliphatic carbocycles. The SMILES string of the molecule is Cc1ccc(C(C#N)C(=O)c2c(C)cccc2C)cc1C. The van der Waals surface area contributed by atoms with E-state index in [4.69, 9.17) is 0 Å². The Balaban J connectivity index is 2.49. The molecular formula is C19H19NO. The summed E-state index contributed by atoms with van der Waals surface area (Å²) in [6.07, 6.45) is 0. The Kier molecular flexibility index (Phi) is 4.23. The summed E-state index contributed by atoms with van der Waals surface area (Å²) in [5, 5.41) is 9.48. The lowest BCUT2D eigenvalue weighted by molar-refractivity contribution is 0.0977. The van der Waals surface area contributed by atoms with Crippen LogP contribution >= 0.6 is 0 Å². The Bertz CT molecular complexity index is 717. The van der Waals surface area contributed by atoms with Crippen molar-refractivity contribution in [1.29, 1.82) is 5.26 Å². The summed E-state index contributed by atoms with van der Waals surface area (Å²) >= 11 is 0. The van der Waals surface area contributed by atoms with E-state index in [9.17, 15) is 10.1 Å². The number of benzene rings is 2. The Morgan fingerprint density at radius 3 is 2.10 bits per heavy atom. The quantitative estimate of drug-likeness (QED) is 0.780. The Morgan fingerprint density at radius 2 is 1.57 bits per heavy atom. The number of hydrogen-bond donors (Lipinski definition) is 0. The zero-order valence-electron chi connectivity index (χ0n) is 12.9. The van der Waals surface area contributed by atoms with Gasteiger partial charge in [0.15, 0.2) is 5.78 Å². The molecule has 0 N–H and O–H groups in total. The fraction of sp³-hybridized carbons (Fsp3) is 0.263. The van der Waals surface area contributed by atoms with Crippen molar-refractivity contribution >= 4 is 5.78 Å². The van der Waals surface area contributed by atoms with Gasteiger partial charge in [0.25, 0.3) is 0 Å². The lowest BCUT2D eigenvalue weighted by atomic mass is 9.87. The summed E-state index contributed by atoms with van der Waals surface area (Å²) < 4.78 is 0. The topological polar surface area (TPSA) is 40.9 Å². The second-order valence-corrected chi connectivity index (χ2v) is 5.54. The molecule has 0 aromatic heterocycles. The van der Waals surface area contributed by atoms with Gasteiger partial charge in [0.2, 0.25) is 0 Å². The van der Waals surface area contributed by atoms with Crippen molar-refractivity contribution in [3.05, 3.63) is 69.8 Å². The van der Waals surface area contributed by atoms with Gasteiger partial charge in [-0.3, -0.25) is 4.79 Å². The number of aryl methyl sites for hydroxylation is 4. The van der Waals surface area contributed by atoms with Gasteiger partial charge in [0, 0.05) is 5.56 Å². The highest BCUT2D eigenvalue weighted by Crippen LogP contribution is 2.26. The maximum absolute atomic E-state index is 12.8. The van der Waals surface area contributed by atoms with Crippen molar-refractivity contribution < 1.29 is 4.79 Å². The van der Waals surface area contributed by atoms with E-state index in [0.29, 0.717) is 5.56 Å². The first kappa shape index (κ1) is 15.0. The van der Waals surface area contributed by atoms with Gasteiger partial charge < -0.3 is 0 Å². The molecule has 0 amide bonds. The molecule has 2 rings (SSSR count). The second-order valence-electron chi connectivity index (χ2n) is 5.54. The smallest absolute Gasteiger partial charge is 0.184 e. The van der Waals surface area contributed by atoms with Crippen molar-refractivity contribution in [3.8, 4) is 6.07 Å². The molecule has 1 unspecified atom stereocenters. The first-order valence-electron chi connectivity index (χ1n) is 7.03. The summed E-state index contributed by atoms with van der Waals surface area (Å²) in [5.41, 5.74) is 5.54. The molecule has 0 bridgehead atoms. The maximum Gasteiger partial charge on any atom is 0.184 e. The summed E-state index contributed by atoms with van der Waals surface area (Å²) in [6.45, 7) is 7.84. The van der Waals surface area contributed by atoms with Crippen LogP contribution in [0.2, 0.25) is 0 Å². The highest BCUT2D eigenvalue weighted by molar-refractivity contribution is 6.04. The van der Waals surface area contributed by atoms with Crippen molar-refractivity contribution in [2.24, 2.45) is 0 Å². The van der Waals surface area contributed by atoms with Gasteiger partial charge in [-0.1, -0.05) is 36.4 Å². The summed E-state index contributed by atoms with van der Waals surface area (Å²) in [5.74, 6) is -0.861. The first-order valence-corrected chi connectivity index (χ1v) is 7.03. The van der Waals surface area contributed by atoms with Gasteiger partial charge in [0.1, 0.15) is 5.92 Å². The molecule has 0 saturated heterocycles. The number of Topliss-reactive ketones (excluding diaryl/α,β-unsaturated/α-hetero) is 1. The molecule has 0 fully saturated rings. The van der Waals surface area contributed by atoms with Crippen LogP contribution in [-0.2, 0) is 0 Å². The van der Waals surface area contributed by atoms with Crippen LogP contribution in [0.4, 0.5) is 0 Å². The van der Waals surface area contributed by atoms with E-state index in [1.807, 2.05) is 64.1 Å². The molecule has 2 heteroatoms. The first-order chi connectivity index (χ1) is 9.95. The van der Waals surface area contributed by atoms with Crippen molar-refractivity contribution in [2.75, 3.05) is 0 Å². The van der Waals surface area contributed by atoms with E-state index < -0.39 is 5.92 Å². The highest BCUT2D eigenvalue weighted by atomic mass is 16.1. The average Bonchev–Trinajstić information content (AvgIpc) is 2.43. The third kappa shape index (κ3) is 2.87. The van der Waals surface area contributed by atoms with Gasteiger partial charge in [-0.2, -0.15) is 5.26 Å². The second kappa shape index (κ2) is 5.93. The standard InChI is InChI=1S/C19H19NO/c1-12-8-9-16(10-15(12)4)17(11-20)19(21)18-13(2)6-5-7-14(18)3/h5-10,17H,1-4H3. The zero-order chi connectivity index (χ0) is 15.6. The van der Waals surface area contributed by atoms with E-state index in [2.05, 4.69) is 6.07 Å². The Labute approximate surface area is 126 Å². The minimum absolute atomic E-state index is 0.114. The highest BCUT2D eigenvalue weighted by Gasteiger charge is 2.24. The molecule has 0 saturated carbocycles. The van der Waals surface area contributed by atoms with Crippen LogP contribution in [0.1, 0.15) is 44.1 Å². The van der Waals surface area contributed by atoms with Crippen LogP contribution in [0.3, 0.4) is 0 Å². The predicted octanol–water partition coefficient (Wildman–Crippen LogP) is 4.41. The number of rotatable bonds is 3. The van der Waals surface area contributed by atoms with Gasteiger partial charge in [-0.05, 0) is 55.5 Å². The Hall–Kier alpha value is -2.40. The molecule has 2 nitrogen and oxygen atoms in total. The third-order valence-corrected chi connectivity index (χ3v) is 3.98. The van der Waals surface area contributed by atoms with Gasteiger partial charge in [-0.25, -0.2) is 0 Å². The number of carbonyl (C=O) groups excluding carboxylic acids is 1. The van der Waals surface area contributed by atoms with E-state index >= 15 is 0 Å². The van der Waals surface area contributed by atoms with Gasteiger partial charge >= 0.3 is 0 Å². The van der Waals surface area contributed by atoms with Crippen LogP contribution in [0.5, 0.6) is 0 Å². The number of hydrogen-bond acceptors (Lipinski definition) is 2. The minimum atomic E-state index is -0.746. The van der Waals surface area contributed by atoms with Gasteiger partial charge in [0.05, 0.1) is 6.07 Å². The number of ketones is 1. The fourth-order valence-electron chi connectivity index (χ4n) is 2.58. The van der Waals surface area contributed by atoms with Crippen molar-refractivity contribution in [1.82, 2.24) is 0 Å². The van der Waals surface area contributed by atoms with Gasteiger partial charge in [-0.15, -0.1) is 0 Å². The number of nitriles is 1. The third-order valence-electron chi connectivity index (χ3n) is 3.98. The largest absolute Gasteiger partial charge is 0.292 e. The van der Waals surface area contributed by atoms with E-state index in [1.165, 1.54) is 0 Å². The monoisotopic (exact) mass is 277 g/mol. The van der Waals surface area contributed by atoms with Crippen LogP contribution in [0.25, 0.3) is 0 Å². The Morgan fingerprint density at radius 1 is 0.952 bits per heavy atom. The normalized spacial score (nSPS) is 11.8. The zero-order valence-corrected chi connectivity index (χ0v) is 12.9. The molecular weight excluding hydrogens is 258 g/mol. The number of nitrogens with zero attached hydrogens (tertiary/aromatic N) is 1. The molecule has 2 aromatic carbocycles. The van der Waals surface area contributed by atoms with Crippen LogP contribution in [-0.4, -0.2) is 5.78 Å².